The highest BCUT2D eigenvalue weighted by atomic mass is 16.5. The number of fused-ring (bicyclic) bond motifs is 1. The van der Waals surface area contributed by atoms with E-state index in [0.717, 1.165) is 28.9 Å². The monoisotopic (exact) mass is 426 g/mol. The number of carbonyl (C=O) groups excluding carboxylic acids is 2. The number of rotatable bonds is 6. The molecule has 0 bridgehead atoms. The highest BCUT2D eigenvalue weighted by molar-refractivity contribution is 5.78. The van der Waals surface area contributed by atoms with E-state index in [2.05, 4.69) is 5.10 Å². The van der Waals surface area contributed by atoms with Crippen molar-refractivity contribution < 1.29 is 19.1 Å². The number of ether oxygens (including phenoxy) is 2. The van der Waals surface area contributed by atoms with Crippen LogP contribution in [0.1, 0.15) is 28.9 Å². The molecule has 0 saturated carbocycles. The van der Waals surface area contributed by atoms with Crippen LogP contribution in [0.2, 0.25) is 0 Å². The molecule has 0 aliphatic carbocycles. The SMILES string of the molecule is Cc1cccc(OCC(=O)N2CCc3c(c(CCC(=O)N4CCOCC4)nn3C)C2)c1. The fourth-order valence-corrected chi connectivity index (χ4v) is 4.22. The van der Waals surface area contributed by atoms with Crippen LogP contribution in [0.15, 0.2) is 24.3 Å². The molecule has 166 valence electrons. The average molecular weight is 427 g/mol. The van der Waals surface area contributed by atoms with Crippen molar-refractivity contribution in [3.8, 4) is 5.75 Å². The molecule has 8 heteroatoms. The van der Waals surface area contributed by atoms with Gasteiger partial charge >= 0.3 is 0 Å². The molecule has 0 N–H and O–H groups in total. The van der Waals surface area contributed by atoms with Gasteiger partial charge in [-0.1, -0.05) is 12.1 Å². The maximum atomic E-state index is 12.8. The van der Waals surface area contributed by atoms with E-state index in [-0.39, 0.29) is 18.4 Å². The minimum atomic E-state index is -0.0358. The van der Waals surface area contributed by atoms with Crippen LogP contribution in [0.5, 0.6) is 5.75 Å². The van der Waals surface area contributed by atoms with Crippen molar-refractivity contribution in [2.75, 3.05) is 39.5 Å². The molecule has 4 rings (SSSR count). The zero-order valence-corrected chi connectivity index (χ0v) is 18.3. The normalized spacial score (nSPS) is 16.2. The molecule has 1 saturated heterocycles. The molecule has 31 heavy (non-hydrogen) atoms. The van der Waals surface area contributed by atoms with Gasteiger partial charge in [0.1, 0.15) is 5.75 Å². The molecule has 0 radical (unpaired) electrons. The molecule has 3 heterocycles. The molecule has 0 atom stereocenters. The number of amides is 2. The van der Waals surface area contributed by atoms with Crippen LogP contribution in [-0.4, -0.2) is 70.8 Å². The maximum absolute atomic E-state index is 12.8. The predicted molar refractivity (Wildman–Crippen MR) is 115 cm³/mol. The largest absolute Gasteiger partial charge is 0.484 e. The van der Waals surface area contributed by atoms with Crippen LogP contribution in [0.3, 0.4) is 0 Å². The summed E-state index contributed by atoms with van der Waals surface area (Å²) >= 11 is 0. The highest BCUT2D eigenvalue weighted by Crippen LogP contribution is 2.24. The third kappa shape index (κ3) is 5.07. The van der Waals surface area contributed by atoms with Gasteiger partial charge in [-0.25, -0.2) is 0 Å². The van der Waals surface area contributed by atoms with E-state index >= 15 is 0 Å². The van der Waals surface area contributed by atoms with Crippen molar-refractivity contribution in [1.82, 2.24) is 19.6 Å². The second-order valence-corrected chi connectivity index (χ2v) is 8.16. The molecule has 2 aliphatic rings. The topological polar surface area (TPSA) is 76.9 Å². The van der Waals surface area contributed by atoms with Crippen LogP contribution in [-0.2, 0) is 40.8 Å². The first-order valence-corrected chi connectivity index (χ1v) is 10.9. The molecular formula is C23H30N4O4. The first-order chi connectivity index (χ1) is 15.0. The van der Waals surface area contributed by atoms with Crippen molar-refractivity contribution in [3.05, 3.63) is 46.8 Å². The second-order valence-electron chi connectivity index (χ2n) is 8.16. The molecule has 1 aromatic heterocycles. The van der Waals surface area contributed by atoms with Gasteiger partial charge in [0, 0.05) is 63.7 Å². The van der Waals surface area contributed by atoms with E-state index in [9.17, 15) is 9.59 Å². The predicted octanol–water partition coefficient (Wildman–Crippen LogP) is 1.48. The van der Waals surface area contributed by atoms with E-state index in [0.29, 0.717) is 58.0 Å². The van der Waals surface area contributed by atoms with Crippen LogP contribution in [0.25, 0.3) is 0 Å². The van der Waals surface area contributed by atoms with Gasteiger partial charge in [-0.05, 0) is 24.6 Å². The molecule has 0 unspecified atom stereocenters. The average Bonchev–Trinajstić information content (AvgIpc) is 3.11. The minimum Gasteiger partial charge on any atom is -0.484 e. The molecule has 1 aromatic carbocycles. The molecule has 8 nitrogen and oxygen atoms in total. The molecule has 1 fully saturated rings. The van der Waals surface area contributed by atoms with Gasteiger partial charge in [0.2, 0.25) is 5.91 Å². The van der Waals surface area contributed by atoms with Crippen molar-refractivity contribution >= 4 is 11.8 Å². The Hall–Kier alpha value is -2.87. The third-order valence-electron chi connectivity index (χ3n) is 5.97. The molecule has 2 aromatic rings. The van der Waals surface area contributed by atoms with Gasteiger partial charge in [0.05, 0.1) is 18.9 Å². The lowest BCUT2D eigenvalue weighted by molar-refractivity contribution is -0.135. The Morgan fingerprint density at radius 1 is 1.13 bits per heavy atom. The van der Waals surface area contributed by atoms with E-state index < -0.39 is 0 Å². The van der Waals surface area contributed by atoms with Crippen molar-refractivity contribution in [2.24, 2.45) is 7.05 Å². The van der Waals surface area contributed by atoms with Gasteiger partial charge in [-0.15, -0.1) is 0 Å². The summed E-state index contributed by atoms with van der Waals surface area (Å²) in [7, 11) is 1.93. The number of benzene rings is 1. The van der Waals surface area contributed by atoms with Gasteiger partial charge < -0.3 is 19.3 Å². The smallest absolute Gasteiger partial charge is 0.260 e. The lowest BCUT2D eigenvalue weighted by atomic mass is 10.0. The lowest BCUT2D eigenvalue weighted by Crippen LogP contribution is -2.41. The first-order valence-electron chi connectivity index (χ1n) is 10.9. The van der Waals surface area contributed by atoms with Gasteiger partial charge in [-0.2, -0.15) is 5.10 Å². The van der Waals surface area contributed by atoms with E-state index in [1.54, 1.807) is 0 Å². The van der Waals surface area contributed by atoms with E-state index in [1.807, 2.05) is 52.7 Å². The van der Waals surface area contributed by atoms with Crippen LogP contribution in [0, 0.1) is 6.92 Å². The molecule has 2 aliphatic heterocycles. The molecule has 0 spiro atoms. The van der Waals surface area contributed by atoms with Gasteiger partial charge in [-0.3, -0.25) is 14.3 Å². The molecular weight excluding hydrogens is 396 g/mol. The molecule has 2 amide bonds. The van der Waals surface area contributed by atoms with E-state index in [4.69, 9.17) is 9.47 Å². The summed E-state index contributed by atoms with van der Waals surface area (Å²) < 4.78 is 12.9. The standard InChI is InChI=1S/C23H30N4O4/c1-17-4-3-5-18(14-17)31-16-23(29)27-9-8-21-19(15-27)20(24-25(21)2)6-7-22(28)26-10-12-30-13-11-26/h3-5,14H,6-13,15-16H2,1-2H3. The van der Waals surface area contributed by atoms with Gasteiger partial charge in [0.15, 0.2) is 6.61 Å². The fraction of sp³-hybridized carbons (Fsp3) is 0.522. The van der Waals surface area contributed by atoms with Crippen molar-refractivity contribution in [3.63, 3.8) is 0 Å². The summed E-state index contributed by atoms with van der Waals surface area (Å²) in [4.78, 5) is 29.0. The summed E-state index contributed by atoms with van der Waals surface area (Å²) in [5.74, 6) is 0.805. The summed E-state index contributed by atoms with van der Waals surface area (Å²) in [6, 6.07) is 7.70. The Balaban J connectivity index is 1.36. The number of hydrogen-bond acceptors (Lipinski definition) is 5. The fourth-order valence-electron chi connectivity index (χ4n) is 4.22. The van der Waals surface area contributed by atoms with Crippen LogP contribution in [0.4, 0.5) is 0 Å². The second kappa shape index (κ2) is 9.51. The number of aryl methyl sites for hydroxylation is 3. The Labute approximate surface area is 182 Å². The maximum Gasteiger partial charge on any atom is 0.260 e. The lowest BCUT2D eigenvalue weighted by Gasteiger charge is -2.28. The van der Waals surface area contributed by atoms with Crippen molar-refractivity contribution in [2.45, 2.75) is 32.7 Å². The summed E-state index contributed by atoms with van der Waals surface area (Å²) in [5.41, 5.74) is 4.24. The summed E-state index contributed by atoms with van der Waals surface area (Å²) in [5, 5.41) is 4.66. The zero-order valence-electron chi connectivity index (χ0n) is 18.3. The number of hydrogen-bond donors (Lipinski definition) is 0. The number of aromatic nitrogens is 2. The first kappa shape index (κ1) is 21.4. The Morgan fingerprint density at radius 3 is 2.71 bits per heavy atom. The summed E-state index contributed by atoms with van der Waals surface area (Å²) in [6.45, 7) is 5.69. The van der Waals surface area contributed by atoms with E-state index in [1.165, 1.54) is 0 Å². The number of morpholine rings is 1. The zero-order chi connectivity index (χ0) is 21.8. The van der Waals surface area contributed by atoms with Crippen LogP contribution < -0.4 is 4.74 Å². The number of nitrogens with zero attached hydrogens (tertiary/aromatic N) is 4. The van der Waals surface area contributed by atoms with Crippen molar-refractivity contribution in [1.29, 1.82) is 0 Å². The number of carbonyl (C=O) groups is 2. The van der Waals surface area contributed by atoms with Crippen LogP contribution >= 0.6 is 0 Å². The quantitative estimate of drug-likeness (QED) is 0.699. The Bertz CT molecular complexity index is 949. The minimum absolute atomic E-state index is 0.0178. The summed E-state index contributed by atoms with van der Waals surface area (Å²) in [6.07, 6.45) is 1.77. The van der Waals surface area contributed by atoms with Gasteiger partial charge in [0.25, 0.3) is 5.91 Å². The Kier molecular flexibility index (Phi) is 6.56. The Morgan fingerprint density at radius 2 is 1.94 bits per heavy atom. The highest BCUT2D eigenvalue weighted by Gasteiger charge is 2.27. The third-order valence-corrected chi connectivity index (χ3v) is 5.97.